The average molecular weight is 502 g/mol. The lowest BCUT2D eigenvalue weighted by atomic mass is 10.1. The molecule has 6 N–H and O–H groups in total. The number of hydrogen-bond donors (Lipinski definition) is 6. The van der Waals surface area contributed by atoms with Gasteiger partial charge in [-0.05, 0) is 67.6 Å². The zero-order chi connectivity index (χ0) is 26.6. The average Bonchev–Trinajstić information content (AvgIpc) is 2.91. The van der Waals surface area contributed by atoms with Crippen LogP contribution in [0.1, 0.15) is 34.1 Å². The van der Waals surface area contributed by atoms with Crippen molar-refractivity contribution >= 4 is 23.4 Å². The Morgan fingerprint density at radius 2 is 1.59 bits per heavy atom. The minimum absolute atomic E-state index is 0.153. The van der Waals surface area contributed by atoms with Crippen molar-refractivity contribution in [2.45, 2.75) is 25.6 Å². The van der Waals surface area contributed by atoms with Gasteiger partial charge in [0.1, 0.15) is 6.04 Å². The number of rotatable bonds is 9. The SMILES string of the molecule is CC(O)C(NC(=O)c1ccc(C#Cc2ccc(NC(=O)CNCc3ccccn3)cc2)cc1)C(=O)NO. The lowest BCUT2D eigenvalue weighted by molar-refractivity contribution is -0.133. The highest BCUT2D eigenvalue weighted by atomic mass is 16.5. The first kappa shape index (κ1) is 27.0. The number of nitrogens with zero attached hydrogens (tertiary/aromatic N) is 1. The van der Waals surface area contributed by atoms with Gasteiger partial charge in [0.2, 0.25) is 5.91 Å². The van der Waals surface area contributed by atoms with Crippen molar-refractivity contribution in [2.75, 3.05) is 11.9 Å². The quantitative estimate of drug-likeness (QED) is 0.146. The van der Waals surface area contributed by atoms with Gasteiger partial charge in [0.15, 0.2) is 0 Å². The number of hydrogen-bond acceptors (Lipinski definition) is 7. The Morgan fingerprint density at radius 1 is 0.946 bits per heavy atom. The Morgan fingerprint density at radius 3 is 2.16 bits per heavy atom. The number of aromatic nitrogens is 1. The zero-order valence-electron chi connectivity index (χ0n) is 20.1. The fourth-order valence-electron chi connectivity index (χ4n) is 3.20. The van der Waals surface area contributed by atoms with Crippen LogP contribution in [-0.2, 0) is 16.1 Å². The van der Waals surface area contributed by atoms with E-state index in [2.05, 4.69) is 32.8 Å². The molecule has 1 aromatic heterocycles. The van der Waals surface area contributed by atoms with Gasteiger partial charge in [-0.25, -0.2) is 5.48 Å². The minimum atomic E-state index is -1.30. The van der Waals surface area contributed by atoms with Gasteiger partial charge in [-0.15, -0.1) is 0 Å². The van der Waals surface area contributed by atoms with Gasteiger partial charge in [-0.3, -0.25) is 24.6 Å². The first-order valence-electron chi connectivity index (χ1n) is 11.4. The lowest BCUT2D eigenvalue weighted by Gasteiger charge is -2.19. The van der Waals surface area contributed by atoms with E-state index in [0.29, 0.717) is 17.8 Å². The number of benzene rings is 2. The van der Waals surface area contributed by atoms with E-state index in [9.17, 15) is 19.5 Å². The van der Waals surface area contributed by atoms with Crippen LogP contribution in [0.4, 0.5) is 5.69 Å². The van der Waals surface area contributed by atoms with Crippen molar-refractivity contribution in [1.29, 1.82) is 0 Å². The number of aliphatic hydroxyl groups excluding tert-OH is 1. The van der Waals surface area contributed by atoms with Gasteiger partial charge < -0.3 is 21.1 Å². The lowest BCUT2D eigenvalue weighted by Crippen LogP contribution is -2.51. The van der Waals surface area contributed by atoms with Gasteiger partial charge in [-0.1, -0.05) is 17.9 Å². The van der Waals surface area contributed by atoms with E-state index in [0.717, 1.165) is 11.3 Å². The fourth-order valence-corrected chi connectivity index (χ4v) is 3.20. The van der Waals surface area contributed by atoms with Crippen LogP contribution in [0.2, 0.25) is 0 Å². The molecule has 1 heterocycles. The number of carbonyl (C=O) groups is 3. The van der Waals surface area contributed by atoms with Gasteiger partial charge in [-0.2, -0.15) is 0 Å². The number of pyridine rings is 1. The van der Waals surface area contributed by atoms with Crippen LogP contribution in [0, 0.1) is 11.8 Å². The molecule has 37 heavy (non-hydrogen) atoms. The van der Waals surface area contributed by atoms with Crippen LogP contribution in [0.15, 0.2) is 72.9 Å². The van der Waals surface area contributed by atoms with Crippen LogP contribution in [0.5, 0.6) is 0 Å². The Balaban J connectivity index is 1.51. The molecule has 0 bridgehead atoms. The molecule has 2 aromatic carbocycles. The molecule has 0 aliphatic carbocycles. The zero-order valence-corrected chi connectivity index (χ0v) is 20.1. The maximum atomic E-state index is 12.3. The van der Waals surface area contributed by atoms with E-state index in [1.54, 1.807) is 42.6 Å². The third-order valence-corrected chi connectivity index (χ3v) is 5.15. The Bertz CT molecular complexity index is 1270. The van der Waals surface area contributed by atoms with E-state index in [1.165, 1.54) is 24.5 Å². The molecule has 0 saturated heterocycles. The molecule has 3 aromatic rings. The van der Waals surface area contributed by atoms with E-state index < -0.39 is 24.0 Å². The number of aliphatic hydroxyl groups is 1. The van der Waals surface area contributed by atoms with Crippen LogP contribution in [-0.4, -0.2) is 51.7 Å². The summed E-state index contributed by atoms with van der Waals surface area (Å²) in [5, 5.41) is 26.6. The predicted octanol–water partition coefficient (Wildman–Crippen LogP) is 1.19. The predicted molar refractivity (Wildman–Crippen MR) is 136 cm³/mol. The highest BCUT2D eigenvalue weighted by Crippen LogP contribution is 2.10. The van der Waals surface area contributed by atoms with Crippen molar-refractivity contribution < 1.29 is 24.7 Å². The van der Waals surface area contributed by atoms with Crippen molar-refractivity contribution in [2.24, 2.45) is 0 Å². The molecule has 10 heteroatoms. The van der Waals surface area contributed by atoms with Crippen molar-refractivity contribution in [3.05, 3.63) is 95.3 Å². The normalized spacial score (nSPS) is 11.9. The standard InChI is InChI=1S/C27H27N5O5/c1-18(33)25(27(36)32-37)31-26(35)21-11-7-19(8-12-21)5-6-20-9-13-22(14-10-20)30-24(34)17-28-16-23-4-2-3-15-29-23/h2-4,7-15,18,25,28,33,37H,16-17H2,1H3,(H,30,34)(H,31,35)(H,32,36). The molecule has 2 atom stereocenters. The van der Waals surface area contributed by atoms with Gasteiger partial charge >= 0.3 is 0 Å². The van der Waals surface area contributed by atoms with Crippen LogP contribution in [0.25, 0.3) is 0 Å². The smallest absolute Gasteiger partial charge is 0.268 e. The second-order valence-corrected chi connectivity index (χ2v) is 8.05. The first-order valence-corrected chi connectivity index (χ1v) is 11.4. The summed E-state index contributed by atoms with van der Waals surface area (Å²) in [6.07, 6.45) is 0.503. The van der Waals surface area contributed by atoms with E-state index >= 15 is 0 Å². The number of amides is 3. The summed E-state index contributed by atoms with van der Waals surface area (Å²) >= 11 is 0. The van der Waals surface area contributed by atoms with E-state index in [-0.39, 0.29) is 18.0 Å². The Labute approximate surface area is 214 Å². The molecule has 0 aliphatic rings. The summed E-state index contributed by atoms with van der Waals surface area (Å²) in [7, 11) is 0. The van der Waals surface area contributed by atoms with Crippen LogP contribution in [0.3, 0.4) is 0 Å². The summed E-state index contributed by atoms with van der Waals surface area (Å²) < 4.78 is 0. The van der Waals surface area contributed by atoms with Crippen molar-refractivity contribution in [3.8, 4) is 11.8 Å². The molecule has 0 aliphatic heterocycles. The molecule has 2 unspecified atom stereocenters. The van der Waals surface area contributed by atoms with E-state index in [1.807, 2.05) is 18.2 Å². The minimum Gasteiger partial charge on any atom is -0.391 e. The topological polar surface area (TPSA) is 153 Å². The number of nitrogens with one attached hydrogen (secondary N) is 4. The second kappa shape index (κ2) is 13.5. The first-order chi connectivity index (χ1) is 17.9. The summed E-state index contributed by atoms with van der Waals surface area (Å²) in [4.78, 5) is 40.2. The summed E-state index contributed by atoms with van der Waals surface area (Å²) in [6, 6.07) is 17.8. The van der Waals surface area contributed by atoms with Crippen molar-refractivity contribution in [3.63, 3.8) is 0 Å². The molecular formula is C27H27N5O5. The summed E-state index contributed by atoms with van der Waals surface area (Å²) in [5.41, 5.74) is 4.58. The summed E-state index contributed by atoms with van der Waals surface area (Å²) in [6.45, 7) is 1.97. The molecule has 0 radical (unpaired) electrons. The molecule has 0 fully saturated rings. The third-order valence-electron chi connectivity index (χ3n) is 5.15. The fraction of sp³-hybridized carbons (Fsp3) is 0.185. The molecule has 0 spiro atoms. The van der Waals surface area contributed by atoms with Gasteiger partial charge in [0.25, 0.3) is 11.8 Å². The van der Waals surface area contributed by atoms with Crippen molar-refractivity contribution in [1.82, 2.24) is 21.1 Å². The molecule has 3 amide bonds. The molecular weight excluding hydrogens is 474 g/mol. The molecule has 3 rings (SSSR count). The Kier molecular flexibility index (Phi) is 9.87. The maximum absolute atomic E-state index is 12.3. The molecule has 190 valence electrons. The highest BCUT2D eigenvalue weighted by molar-refractivity contribution is 5.97. The number of anilines is 1. The van der Waals surface area contributed by atoms with Gasteiger partial charge in [0, 0.05) is 35.1 Å². The van der Waals surface area contributed by atoms with Crippen LogP contribution < -0.4 is 21.4 Å². The maximum Gasteiger partial charge on any atom is 0.268 e. The monoisotopic (exact) mass is 501 g/mol. The molecule has 0 saturated carbocycles. The number of carbonyl (C=O) groups excluding carboxylic acids is 3. The summed E-state index contributed by atoms with van der Waals surface area (Å²) in [5.74, 6) is 4.33. The third kappa shape index (κ3) is 8.55. The Hall–Kier alpha value is -4.56. The van der Waals surface area contributed by atoms with Gasteiger partial charge in [0.05, 0.1) is 18.3 Å². The van der Waals surface area contributed by atoms with Crippen LogP contribution >= 0.6 is 0 Å². The number of hydroxylamine groups is 1. The largest absolute Gasteiger partial charge is 0.391 e. The van der Waals surface area contributed by atoms with E-state index in [4.69, 9.17) is 5.21 Å². The highest BCUT2D eigenvalue weighted by Gasteiger charge is 2.25. The second-order valence-electron chi connectivity index (χ2n) is 8.05. The molecule has 10 nitrogen and oxygen atoms in total.